The Morgan fingerprint density at radius 1 is 1.09 bits per heavy atom. The van der Waals surface area contributed by atoms with Crippen LogP contribution in [0.4, 0.5) is 23.8 Å². The summed E-state index contributed by atoms with van der Waals surface area (Å²) in [5.74, 6) is -3.36. The molecule has 3 aromatic heterocycles. The smallest absolute Gasteiger partial charge is 0.434 e. The lowest BCUT2D eigenvalue weighted by atomic mass is 9.97. The molecular formula is C20H16F3N5O5S. The lowest BCUT2D eigenvalue weighted by Crippen LogP contribution is -2.35. The second-order valence-electron chi connectivity index (χ2n) is 7.13. The third kappa shape index (κ3) is 5.28. The average Bonchev–Trinajstić information content (AvgIpc) is 3.23. The highest BCUT2D eigenvalue weighted by Crippen LogP contribution is 2.41. The lowest BCUT2D eigenvalue weighted by Gasteiger charge is -2.16. The van der Waals surface area contributed by atoms with E-state index in [1.807, 2.05) is 0 Å². The number of pyridine rings is 2. The summed E-state index contributed by atoms with van der Waals surface area (Å²) in [6.45, 7) is 3.33. The number of rotatable bonds is 6. The molecule has 0 fully saturated rings. The maximum absolute atomic E-state index is 13.2. The topological polar surface area (TPSA) is 154 Å². The van der Waals surface area contributed by atoms with Crippen molar-refractivity contribution in [1.82, 2.24) is 20.3 Å². The molecule has 3 rings (SSSR count). The molecule has 14 heteroatoms. The van der Waals surface area contributed by atoms with Crippen molar-refractivity contribution >= 4 is 35.1 Å². The first-order valence-corrected chi connectivity index (χ1v) is 10.3. The van der Waals surface area contributed by atoms with Gasteiger partial charge < -0.3 is 15.5 Å². The van der Waals surface area contributed by atoms with Gasteiger partial charge in [0, 0.05) is 46.7 Å². The van der Waals surface area contributed by atoms with E-state index in [0.717, 1.165) is 17.8 Å². The molecular weight excluding hydrogens is 479 g/mol. The van der Waals surface area contributed by atoms with Crippen molar-refractivity contribution in [2.75, 3.05) is 5.32 Å². The second-order valence-corrected chi connectivity index (χ2v) is 7.99. The maximum Gasteiger partial charge on any atom is 0.434 e. The van der Waals surface area contributed by atoms with Gasteiger partial charge in [-0.05, 0) is 19.9 Å². The number of thiazole rings is 1. The van der Waals surface area contributed by atoms with Crippen molar-refractivity contribution in [3.63, 3.8) is 0 Å². The average molecular weight is 495 g/mol. The first kappa shape index (κ1) is 24.6. The summed E-state index contributed by atoms with van der Waals surface area (Å²) in [6.07, 6.45) is -1.43. The molecule has 0 saturated carbocycles. The molecule has 0 aliphatic rings. The zero-order valence-corrected chi connectivity index (χ0v) is 18.3. The molecule has 0 radical (unpaired) electrons. The number of amides is 2. The van der Waals surface area contributed by atoms with Crippen LogP contribution in [0.25, 0.3) is 21.7 Å². The van der Waals surface area contributed by atoms with Gasteiger partial charge in [0.25, 0.3) is 0 Å². The van der Waals surface area contributed by atoms with E-state index in [-0.39, 0.29) is 33.3 Å². The number of urea groups is 1. The van der Waals surface area contributed by atoms with Crippen molar-refractivity contribution in [3.8, 4) is 21.7 Å². The molecule has 34 heavy (non-hydrogen) atoms. The number of hydrogen-bond acceptors (Lipinski definition) is 7. The Hall–Kier alpha value is -4.07. The van der Waals surface area contributed by atoms with Gasteiger partial charge in [0.05, 0.1) is 5.56 Å². The molecule has 3 heterocycles. The number of alkyl halides is 3. The molecule has 0 unspecified atom stereocenters. The van der Waals surface area contributed by atoms with Crippen molar-refractivity contribution in [2.24, 2.45) is 0 Å². The van der Waals surface area contributed by atoms with Crippen molar-refractivity contribution in [3.05, 3.63) is 46.9 Å². The van der Waals surface area contributed by atoms with E-state index in [2.05, 4.69) is 25.6 Å². The number of carboxylic acids is 2. The van der Waals surface area contributed by atoms with Crippen LogP contribution in [0.2, 0.25) is 0 Å². The van der Waals surface area contributed by atoms with Gasteiger partial charge in [0.15, 0.2) is 5.69 Å². The van der Waals surface area contributed by atoms with E-state index in [1.54, 1.807) is 13.8 Å². The van der Waals surface area contributed by atoms with Gasteiger partial charge in [0.2, 0.25) is 0 Å². The van der Waals surface area contributed by atoms with Gasteiger partial charge in [-0.15, -0.1) is 11.3 Å². The minimum absolute atomic E-state index is 0.0362. The minimum Gasteiger partial charge on any atom is -0.478 e. The molecule has 178 valence electrons. The molecule has 10 nitrogen and oxygen atoms in total. The van der Waals surface area contributed by atoms with Crippen molar-refractivity contribution in [1.29, 1.82) is 0 Å². The molecule has 4 N–H and O–H groups in total. The van der Waals surface area contributed by atoms with Gasteiger partial charge in [-0.25, -0.2) is 24.4 Å². The fraction of sp³-hybridized carbons (Fsp3) is 0.200. The summed E-state index contributed by atoms with van der Waals surface area (Å²) >= 11 is 0.531. The highest BCUT2D eigenvalue weighted by Gasteiger charge is 2.35. The first-order valence-electron chi connectivity index (χ1n) is 9.44. The predicted molar refractivity (Wildman–Crippen MR) is 115 cm³/mol. The molecule has 0 bridgehead atoms. The molecule has 0 atom stereocenters. The maximum atomic E-state index is 13.2. The molecule has 0 spiro atoms. The Morgan fingerprint density at radius 2 is 1.79 bits per heavy atom. The Bertz CT molecular complexity index is 1280. The number of aromatic nitrogens is 3. The summed E-state index contributed by atoms with van der Waals surface area (Å²) in [5.41, 5.74) is -2.35. The number of carboxylic acid groups (broad SMARTS) is 2. The predicted octanol–water partition coefficient (Wildman–Crippen LogP) is 4.21. The zero-order valence-electron chi connectivity index (χ0n) is 17.5. The van der Waals surface area contributed by atoms with E-state index in [9.17, 15) is 37.8 Å². The molecule has 0 aromatic carbocycles. The summed E-state index contributed by atoms with van der Waals surface area (Å²) in [6, 6.07) is 0.0803. The van der Waals surface area contributed by atoms with Crippen LogP contribution in [0.5, 0.6) is 0 Å². The van der Waals surface area contributed by atoms with Gasteiger partial charge in [0.1, 0.15) is 16.4 Å². The van der Waals surface area contributed by atoms with Crippen LogP contribution in [0.15, 0.2) is 30.0 Å². The summed E-state index contributed by atoms with van der Waals surface area (Å²) in [5, 5.41) is 24.3. The third-order valence-corrected chi connectivity index (χ3v) is 5.11. The van der Waals surface area contributed by atoms with Crippen LogP contribution in [-0.2, 0) is 6.18 Å². The first-order chi connectivity index (χ1) is 15.9. The molecule has 0 saturated heterocycles. The van der Waals surface area contributed by atoms with Crippen LogP contribution < -0.4 is 10.6 Å². The highest BCUT2D eigenvalue weighted by atomic mass is 32.1. The quantitative estimate of drug-likeness (QED) is 0.396. The zero-order chi connectivity index (χ0) is 25.2. The van der Waals surface area contributed by atoms with Crippen molar-refractivity contribution < 1.29 is 37.8 Å². The number of carbonyl (C=O) groups excluding carboxylic acids is 1. The SMILES string of the molecule is CC(C)NC(=O)Nc1ncc(-c2cncc(C(=O)O)c2)c(-c2nc(C(F)(F)F)cs2)c1C(=O)O. The fourth-order valence-corrected chi connectivity index (χ4v) is 3.77. The number of nitrogens with one attached hydrogen (secondary N) is 2. The normalized spacial score (nSPS) is 11.4. The van der Waals surface area contributed by atoms with Crippen LogP contribution >= 0.6 is 11.3 Å². The van der Waals surface area contributed by atoms with Gasteiger partial charge >= 0.3 is 24.1 Å². The number of halogens is 3. The van der Waals surface area contributed by atoms with Gasteiger partial charge in [-0.2, -0.15) is 13.2 Å². The Morgan fingerprint density at radius 3 is 2.35 bits per heavy atom. The van der Waals surface area contributed by atoms with E-state index in [1.165, 1.54) is 12.3 Å². The summed E-state index contributed by atoms with van der Waals surface area (Å²) in [7, 11) is 0. The Kier molecular flexibility index (Phi) is 6.81. The second kappa shape index (κ2) is 9.43. The van der Waals surface area contributed by atoms with E-state index in [4.69, 9.17) is 0 Å². The summed E-state index contributed by atoms with van der Waals surface area (Å²) < 4.78 is 39.6. The number of anilines is 1. The van der Waals surface area contributed by atoms with E-state index >= 15 is 0 Å². The van der Waals surface area contributed by atoms with Gasteiger partial charge in [-0.1, -0.05) is 0 Å². The van der Waals surface area contributed by atoms with Crippen molar-refractivity contribution in [2.45, 2.75) is 26.1 Å². The fourth-order valence-electron chi connectivity index (χ4n) is 2.88. The standard InChI is InChI=1S/C20H16F3N5O5S/c1-8(2)26-19(33)28-15-14(18(31)32)13(16-27-12(7-34-16)20(21,22)23)11(6-25-15)9-3-10(17(29)30)5-24-4-9/h3-8H,1-2H3,(H,29,30)(H,31,32)(H2,25,26,28,33). The minimum atomic E-state index is -4.78. The number of nitrogens with zero attached hydrogens (tertiary/aromatic N) is 3. The van der Waals surface area contributed by atoms with Crippen LogP contribution in [-0.4, -0.2) is 49.2 Å². The third-order valence-electron chi connectivity index (χ3n) is 4.25. The highest BCUT2D eigenvalue weighted by molar-refractivity contribution is 7.13. The number of aromatic carboxylic acids is 2. The Balaban J connectivity index is 2.30. The lowest BCUT2D eigenvalue weighted by molar-refractivity contribution is -0.140. The van der Waals surface area contributed by atoms with Crippen LogP contribution in [0.1, 0.15) is 40.3 Å². The van der Waals surface area contributed by atoms with Crippen LogP contribution in [0, 0.1) is 0 Å². The molecule has 3 aromatic rings. The largest absolute Gasteiger partial charge is 0.478 e. The number of carbonyl (C=O) groups is 3. The van der Waals surface area contributed by atoms with E-state index in [0.29, 0.717) is 11.3 Å². The molecule has 0 aliphatic heterocycles. The summed E-state index contributed by atoms with van der Waals surface area (Å²) in [4.78, 5) is 47.0. The Labute approximate surface area is 193 Å². The van der Waals surface area contributed by atoms with E-state index < -0.39 is 41.2 Å². The molecule has 0 aliphatic carbocycles. The monoisotopic (exact) mass is 495 g/mol. The van der Waals surface area contributed by atoms with Gasteiger partial charge in [-0.3, -0.25) is 10.3 Å². The number of hydrogen-bond donors (Lipinski definition) is 4. The molecule has 2 amide bonds. The van der Waals surface area contributed by atoms with Crippen LogP contribution in [0.3, 0.4) is 0 Å².